The average molecular weight is 255 g/mol. The fourth-order valence-electron chi connectivity index (χ4n) is 3.09. The number of nitrogens with zero attached hydrogens (tertiary/aromatic N) is 1. The van der Waals surface area contributed by atoms with E-state index in [4.69, 9.17) is 4.98 Å². The summed E-state index contributed by atoms with van der Waals surface area (Å²) in [5.41, 5.74) is 2.17. The van der Waals surface area contributed by atoms with E-state index in [0.717, 1.165) is 30.5 Å². The Bertz CT molecular complexity index is 552. The van der Waals surface area contributed by atoms with E-state index in [1.807, 2.05) is 12.1 Å². The van der Waals surface area contributed by atoms with Crippen LogP contribution in [0.15, 0.2) is 36.4 Å². The van der Waals surface area contributed by atoms with Gasteiger partial charge in [-0.2, -0.15) is 0 Å². The highest BCUT2D eigenvalue weighted by atomic mass is 16.3. The molecule has 1 heterocycles. The molecule has 2 nitrogen and oxygen atoms in total. The van der Waals surface area contributed by atoms with Crippen LogP contribution in [0.2, 0.25) is 0 Å². The lowest BCUT2D eigenvalue weighted by molar-refractivity contribution is 0.100. The number of hydrogen-bond donors (Lipinski definition) is 1. The summed E-state index contributed by atoms with van der Waals surface area (Å²) in [5.74, 6) is 0.385. The molecule has 2 heteroatoms. The number of benzene rings is 1. The summed E-state index contributed by atoms with van der Waals surface area (Å²) in [6, 6.07) is 12.5. The Morgan fingerprint density at radius 1 is 1.00 bits per heavy atom. The van der Waals surface area contributed by atoms with Gasteiger partial charge in [0.2, 0.25) is 0 Å². The van der Waals surface area contributed by atoms with Crippen molar-refractivity contribution in [2.24, 2.45) is 5.92 Å². The molecule has 1 aliphatic rings. The molecule has 3 rings (SSSR count). The topological polar surface area (TPSA) is 33.1 Å². The normalized spacial score (nSPS) is 24.3. The van der Waals surface area contributed by atoms with E-state index in [1.54, 1.807) is 0 Å². The first kappa shape index (κ1) is 12.6. The zero-order valence-electron chi connectivity index (χ0n) is 11.3. The predicted octanol–water partition coefficient (Wildman–Crippen LogP) is 3.72. The molecular formula is C17H21NO. The number of aromatic nitrogens is 1. The second-order valence-electron chi connectivity index (χ2n) is 5.66. The lowest BCUT2D eigenvalue weighted by atomic mass is 9.92. The smallest absolute Gasteiger partial charge is 0.0705 e. The summed E-state index contributed by atoms with van der Waals surface area (Å²) in [4.78, 5) is 4.72. The zero-order valence-corrected chi connectivity index (χ0v) is 11.3. The standard InChI is InChI=1S/C17H21NO/c19-17-9-3-1-2-7-14(17)12-15-11-10-13-6-4-5-8-16(13)18-15/h4-6,8,10-11,14,17,19H,1-3,7,9,12H2. The van der Waals surface area contributed by atoms with E-state index in [2.05, 4.69) is 24.3 Å². The first-order valence-corrected chi connectivity index (χ1v) is 7.36. The Morgan fingerprint density at radius 2 is 1.84 bits per heavy atom. The van der Waals surface area contributed by atoms with Gasteiger partial charge in [-0.05, 0) is 37.3 Å². The van der Waals surface area contributed by atoms with Crippen molar-refractivity contribution in [1.29, 1.82) is 0 Å². The number of aliphatic hydroxyl groups excluding tert-OH is 1. The third-order valence-corrected chi connectivity index (χ3v) is 4.25. The van der Waals surface area contributed by atoms with Crippen LogP contribution in [0.4, 0.5) is 0 Å². The Balaban J connectivity index is 1.80. The molecule has 1 fully saturated rings. The van der Waals surface area contributed by atoms with Gasteiger partial charge < -0.3 is 5.11 Å². The summed E-state index contributed by atoms with van der Waals surface area (Å²) >= 11 is 0. The van der Waals surface area contributed by atoms with Crippen molar-refractivity contribution in [3.63, 3.8) is 0 Å². The van der Waals surface area contributed by atoms with Crippen molar-refractivity contribution in [3.05, 3.63) is 42.1 Å². The van der Waals surface area contributed by atoms with Crippen molar-refractivity contribution >= 4 is 10.9 Å². The molecule has 1 aromatic carbocycles. The Hall–Kier alpha value is -1.41. The molecular weight excluding hydrogens is 234 g/mol. The molecule has 19 heavy (non-hydrogen) atoms. The molecule has 0 bridgehead atoms. The van der Waals surface area contributed by atoms with Gasteiger partial charge in [0.15, 0.2) is 0 Å². The van der Waals surface area contributed by atoms with E-state index in [9.17, 15) is 5.11 Å². The van der Waals surface area contributed by atoms with Crippen LogP contribution in [0.1, 0.15) is 37.8 Å². The van der Waals surface area contributed by atoms with E-state index in [0.29, 0.717) is 5.92 Å². The van der Waals surface area contributed by atoms with E-state index in [-0.39, 0.29) is 6.10 Å². The summed E-state index contributed by atoms with van der Waals surface area (Å²) < 4.78 is 0. The van der Waals surface area contributed by atoms with Gasteiger partial charge in [-0.3, -0.25) is 4.98 Å². The third-order valence-electron chi connectivity index (χ3n) is 4.25. The van der Waals surface area contributed by atoms with Crippen molar-refractivity contribution < 1.29 is 5.11 Å². The summed E-state index contributed by atoms with van der Waals surface area (Å²) in [5, 5.41) is 11.4. The van der Waals surface area contributed by atoms with Gasteiger partial charge in [-0.1, -0.05) is 43.5 Å². The van der Waals surface area contributed by atoms with Crippen LogP contribution < -0.4 is 0 Å². The van der Waals surface area contributed by atoms with E-state index >= 15 is 0 Å². The number of aliphatic hydroxyl groups is 1. The predicted molar refractivity (Wildman–Crippen MR) is 78.0 cm³/mol. The molecule has 1 aromatic heterocycles. The highest BCUT2D eigenvalue weighted by Gasteiger charge is 2.22. The fourth-order valence-corrected chi connectivity index (χ4v) is 3.09. The molecule has 1 aliphatic carbocycles. The summed E-state index contributed by atoms with van der Waals surface area (Å²) in [6.07, 6.45) is 6.53. The molecule has 0 radical (unpaired) electrons. The quantitative estimate of drug-likeness (QED) is 0.830. The van der Waals surface area contributed by atoms with Crippen LogP contribution in [0.25, 0.3) is 10.9 Å². The van der Waals surface area contributed by atoms with Crippen LogP contribution in [0, 0.1) is 5.92 Å². The van der Waals surface area contributed by atoms with Crippen LogP contribution in [-0.2, 0) is 6.42 Å². The first-order chi connectivity index (χ1) is 9.33. The fraction of sp³-hybridized carbons (Fsp3) is 0.471. The Kier molecular flexibility index (Phi) is 3.79. The maximum Gasteiger partial charge on any atom is 0.0705 e. The number of pyridine rings is 1. The van der Waals surface area contributed by atoms with Crippen molar-refractivity contribution in [2.45, 2.75) is 44.6 Å². The van der Waals surface area contributed by atoms with Crippen LogP contribution in [0.5, 0.6) is 0 Å². The number of hydrogen-bond acceptors (Lipinski definition) is 2. The minimum atomic E-state index is -0.143. The van der Waals surface area contributed by atoms with E-state index in [1.165, 1.54) is 24.6 Å². The Labute approximate surface area is 114 Å². The van der Waals surface area contributed by atoms with Gasteiger partial charge in [-0.25, -0.2) is 0 Å². The van der Waals surface area contributed by atoms with Gasteiger partial charge in [-0.15, -0.1) is 0 Å². The highest BCUT2D eigenvalue weighted by molar-refractivity contribution is 5.78. The average Bonchev–Trinajstić information content (AvgIpc) is 2.64. The van der Waals surface area contributed by atoms with Crippen LogP contribution in [-0.4, -0.2) is 16.2 Å². The minimum Gasteiger partial charge on any atom is -0.393 e. The summed E-state index contributed by atoms with van der Waals surface area (Å²) in [6.45, 7) is 0. The maximum absolute atomic E-state index is 10.2. The second kappa shape index (κ2) is 5.70. The summed E-state index contributed by atoms with van der Waals surface area (Å²) in [7, 11) is 0. The molecule has 1 saturated carbocycles. The molecule has 100 valence electrons. The van der Waals surface area contributed by atoms with Gasteiger partial charge in [0.25, 0.3) is 0 Å². The van der Waals surface area contributed by atoms with E-state index < -0.39 is 0 Å². The molecule has 0 amide bonds. The molecule has 1 N–H and O–H groups in total. The van der Waals surface area contributed by atoms with Gasteiger partial charge in [0, 0.05) is 11.1 Å². The lowest BCUT2D eigenvalue weighted by Crippen LogP contribution is -2.21. The maximum atomic E-state index is 10.2. The van der Waals surface area contributed by atoms with Crippen molar-refractivity contribution in [3.8, 4) is 0 Å². The molecule has 0 spiro atoms. The lowest BCUT2D eigenvalue weighted by Gasteiger charge is -2.19. The number of para-hydroxylation sites is 1. The minimum absolute atomic E-state index is 0.143. The molecule has 0 saturated heterocycles. The molecule has 0 aliphatic heterocycles. The molecule has 2 atom stereocenters. The Morgan fingerprint density at radius 3 is 2.79 bits per heavy atom. The van der Waals surface area contributed by atoms with Gasteiger partial charge in [0.1, 0.15) is 0 Å². The second-order valence-corrected chi connectivity index (χ2v) is 5.66. The van der Waals surface area contributed by atoms with Crippen molar-refractivity contribution in [2.75, 3.05) is 0 Å². The van der Waals surface area contributed by atoms with Crippen LogP contribution in [0.3, 0.4) is 0 Å². The largest absolute Gasteiger partial charge is 0.393 e. The number of rotatable bonds is 2. The third kappa shape index (κ3) is 2.95. The SMILES string of the molecule is OC1CCCCCC1Cc1ccc2ccccc2n1. The zero-order chi connectivity index (χ0) is 13.1. The van der Waals surface area contributed by atoms with Gasteiger partial charge in [0.05, 0.1) is 11.6 Å². The van der Waals surface area contributed by atoms with Crippen molar-refractivity contribution in [1.82, 2.24) is 4.98 Å². The number of fused-ring (bicyclic) bond motifs is 1. The van der Waals surface area contributed by atoms with Crippen LogP contribution >= 0.6 is 0 Å². The first-order valence-electron chi connectivity index (χ1n) is 7.36. The monoisotopic (exact) mass is 255 g/mol. The molecule has 2 aromatic rings. The van der Waals surface area contributed by atoms with Gasteiger partial charge >= 0.3 is 0 Å². The molecule has 2 unspecified atom stereocenters. The highest BCUT2D eigenvalue weighted by Crippen LogP contribution is 2.26.